The van der Waals surface area contributed by atoms with E-state index in [1.54, 1.807) is 52.8 Å². The molecule has 0 aliphatic carbocycles. The summed E-state index contributed by atoms with van der Waals surface area (Å²) >= 11 is 11.8. The van der Waals surface area contributed by atoms with Gasteiger partial charge in [0.15, 0.2) is 0 Å². The van der Waals surface area contributed by atoms with Crippen LogP contribution in [0, 0.1) is 11.8 Å². The Balaban J connectivity index is 1.79. The predicted octanol–water partition coefficient (Wildman–Crippen LogP) is 3.66. The molecule has 1 aromatic carbocycles. The van der Waals surface area contributed by atoms with Gasteiger partial charge in [-0.1, -0.05) is 45.7 Å². The highest BCUT2D eigenvalue weighted by atomic mass is 79.9. The Morgan fingerprint density at radius 3 is 2.80 bits per heavy atom. The number of carbonyl (C=O) groups excluding carboxylic acids is 3. The number of esters is 1. The minimum Gasteiger partial charge on any atom is -0.466 e. The van der Waals surface area contributed by atoms with Gasteiger partial charge in [-0.2, -0.15) is 0 Å². The number of aliphatic hydroxyl groups is 1. The van der Waals surface area contributed by atoms with Crippen LogP contribution in [0.5, 0.6) is 0 Å². The first kappa shape index (κ1) is 26.5. The van der Waals surface area contributed by atoms with E-state index in [0.717, 1.165) is 0 Å². The number of benzene rings is 1. The number of hydrogen-bond acceptors (Lipinski definition) is 6. The normalized spacial score (nSPS) is 30.9. The Morgan fingerprint density at radius 2 is 2.14 bits per heavy atom. The summed E-state index contributed by atoms with van der Waals surface area (Å²) in [5.74, 6) is -2.06. The van der Waals surface area contributed by atoms with Gasteiger partial charge < -0.3 is 19.6 Å². The van der Waals surface area contributed by atoms with Gasteiger partial charge in [-0.3, -0.25) is 14.4 Å². The SMILES string of the molecule is C=CCN(C(=O)C1N(CCCCO)C(=O)[C@@H]2[C@H](C(=O)OCC)[C@H]3SC12CC3Br)c1ccccc1Cl. The highest BCUT2D eigenvalue weighted by Gasteiger charge is 2.76. The van der Waals surface area contributed by atoms with Gasteiger partial charge >= 0.3 is 5.97 Å². The summed E-state index contributed by atoms with van der Waals surface area (Å²) in [6.07, 6.45) is 3.29. The molecule has 3 aliphatic heterocycles. The van der Waals surface area contributed by atoms with E-state index in [-0.39, 0.29) is 47.6 Å². The van der Waals surface area contributed by atoms with Gasteiger partial charge in [0.2, 0.25) is 5.91 Å². The first-order valence-electron chi connectivity index (χ1n) is 11.9. The Labute approximate surface area is 223 Å². The number of para-hydroxylation sites is 1. The fraction of sp³-hybridized carbons (Fsp3) is 0.560. The molecule has 0 saturated carbocycles. The van der Waals surface area contributed by atoms with Gasteiger partial charge in [-0.15, -0.1) is 18.3 Å². The Hall–Kier alpha value is -1.55. The molecule has 7 nitrogen and oxygen atoms in total. The molecule has 3 saturated heterocycles. The fourth-order valence-electron chi connectivity index (χ4n) is 5.81. The van der Waals surface area contributed by atoms with E-state index >= 15 is 0 Å². The van der Waals surface area contributed by atoms with Crippen molar-refractivity contribution in [3.63, 3.8) is 0 Å². The number of hydrogen-bond donors (Lipinski definition) is 1. The van der Waals surface area contributed by atoms with Crippen molar-refractivity contribution in [1.29, 1.82) is 0 Å². The third kappa shape index (κ3) is 4.43. The second kappa shape index (κ2) is 10.8. The number of ether oxygens (including phenoxy) is 1. The van der Waals surface area contributed by atoms with Crippen LogP contribution in [0.2, 0.25) is 5.02 Å². The minimum atomic E-state index is -0.774. The van der Waals surface area contributed by atoms with Crippen molar-refractivity contribution in [2.24, 2.45) is 11.8 Å². The van der Waals surface area contributed by atoms with Gasteiger partial charge in [-0.25, -0.2) is 0 Å². The summed E-state index contributed by atoms with van der Waals surface area (Å²) in [7, 11) is 0. The maximum absolute atomic E-state index is 14.3. The fourth-order valence-corrected chi connectivity index (χ4v) is 9.64. The lowest BCUT2D eigenvalue weighted by Crippen LogP contribution is -2.55. The number of likely N-dealkylation sites (tertiary alicyclic amines) is 1. The first-order chi connectivity index (χ1) is 16.8. The number of carbonyl (C=O) groups is 3. The standard InChI is InChI=1S/C25H30BrClN2O5S/c1-3-11-28(17-10-6-5-9-16(17)27)23(32)21-25-14-15(26)20(35-25)18(24(33)34-4-2)19(25)22(31)29(21)12-7-8-13-30/h3,5-6,9-10,15,18-21,30H,1,4,7-8,11-14H2,2H3/t15?,18-,19-,20-,21?,25?/m0/s1. The average Bonchev–Trinajstić information content (AvgIpc) is 3.42. The molecule has 35 heavy (non-hydrogen) atoms. The number of anilines is 1. The molecule has 1 spiro atoms. The zero-order chi connectivity index (χ0) is 25.3. The quantitative estimate of drug-likeness (QED) is 0.195. The third-order valence-electron chi connectivity index (χ3n) is 7.11. The molecule has 6 atom stereocenters. The maximum Gasteiger partial charge on any atom is 0.310 e. The molecular formula is C25H30BrClN2O5S. The molecule has 10 heteroatoms. The maximum atomic E-state index is 14.3. The van der Waals surface area contributed by atoms with Crippen LogP contribution >= 0.6 is 39.3 Å². The number of halogens is 2. The zero-order valence-electron chi connectivity index (χ0n) is 19.6. The van der Waals surface area contributed by atoms with Crippen LogP contribution in [-0.2, 0) is 19.1 Å². The first-order valence-corrected chi connectivity index (χ1v) is 14.1. The summed E-state index contributed by atoms with van der Waals surface area (Å²) in [5.41, 5.74) is 0.552. The van der Waals surface area contributed by atoms with E-state index in [2.05, 4.69) is 22.5 Å². The van der Waals surface area contributed by atoms with Crippen molar-refractivity contribution in [1.82, 2.24) is 4.90 Å². The van der Waals surface area contributed by atoms with Gasteiger partial charge in [-0.05, 0) is 38.3 Å². The Bertz CT molecular complexity index is 1010. The smallest absolute Gasteiger partial charge is 0.310 e. The second-order valence-corrected chi connectivity index (χ2v) is 12.2. The Kier molecular flexibility index (Phi) is 8.20. The van der Waals surface area contributed by atoms with Crippen molar-refractivity contribution >= 4 is 62.8 Å². The predicted molar refractivity (Wildman–Crippen MR) is 141 cm³/mol. The van der Waals surface area contributed by atoms with Crippen LogP contribution in [0.25, 0.3) is 0 Å². The van der Waals surface area contributed by atoms with Crippen molar-refractivity contribution in [3.8, 4) is 0 Å². The topological polar surface area (TPSA) is 87.2 Å². The van der Waals surface area contributed by atoms with E-state index in [4.69, 9.17) is 16.3 Å². The molecule has 0 aromatic heterocycles. The summed E-state index contributed by atoms with van der Waals surface area (Å²) in [4.78, 5) is 44.5. The van der Waals surface area contributed by atoms with Crippen LogP contribution in [-0.4, -0.2) is 75.0 Å². The van der Waals surface area contributed by atoms with E-state index < -0.39 is 22.6 Å². The van der Waals surface area contributed by atoms with E-state index in [0.29, 0.717) is 36.5 Å². The lowest BCUT2D eigenvalue weighted by Gasteiger charge is -2.38. The Morgan fingerprint density at radius 1 is 1.40 bits per heavy atom. The van der Waals surface area contributed by atoms with Gasteiger partial charge in [0.25, 0.3) is 5.91 Å². The van der Waals surface area contributed by atoms with Crippen LogP contribution in [0.4, 0.5) is 5.69 Å². The van der Waals surface area contributed by atoms with Gasteiger partial charge in [0, 0.05) is 29.8 Å². The number of aliphatic hydroxyl groups excluding tert-OH is 1. The van der Waals surface area contributed by atoms with Crippen LogP contribution in [0.1, 0.15) is 26.2 Å². The summed E-state index contributed by atoms with van der Waals surface area (Å²) in [6, 6.07) is 6.34. The van der Waals surface area contributed by atoms with Gasteiger partial charge in [0.1, 0.15) is 6.04 Å². The molecule has 1 aromatic rings. The molecule has 3 fully saturated rings. The summed E-state index contributed by atoms with van der Waals surface area (Å²) < 4.78 is 4.62. The van der Waals surface area contributed by atoms with E-state index in [9.17, 15) is 19.5 Å². The monoisotopic (exact) mass is 584 g/mol. The summed E-state index contributed by atoms with van der Waals surface area (Å²) in [6.45, 7) is 6.36. The largest absolute Gasteiger partial charge is 0.466 e. The van der Waals surface area contributed by atoms with E-state index in [1.165, 1.54) is 0 Å². The highest BCUT2D eigenvalue weighted by Crippen LogP contribution is 2.68. The lowest BCUT2D eigenvalue weighted by atomic mass is 9.71. The van der Waals surface area contributed by atoms with E-state index in [1.807, 2.05) is 6.07 Å². The number of alkyl halides is 1. The van der Waals surface area contributed by atoms with Crippen molar-refractivity contribution in [2.75, 3.05) is 31.2 Å². The molecule has 190 valence electrons. The van der Waals surface area contributed by atoms with Crippen molar-refractivity contribution < 1.29 is 24.2 Å². The van der Waals surface area contributed by atoms with Crippen LogP contribution in [0.3, 0.4) is 0 Å². The number of unbranched alkanes of at least 4 members (excludes halogenated alkanes) is 1. The molecule has 1 N–H and O–H groups in total. The molecule has 2 amide bonds. The third-order valence-corrected chi connectivity index (χ3v) is 10.6. The molecule has 0 radical (unpaired) electrons. The molecule has 4 rings (SSSR count). The number of fused-ring (bicyclic) bond motifs is 1. The zero-order valence-corrected chi connectivity index (χ0v) is 22.7. The van der Waals surface area contributed by atoms with Gasteiger partial charge in [0.05, 0.1) is 33.9 Å². The lowest BCUT2D eigenvalue weighted by molar-refractivity contribution is -0.153. The molecule has 2 bridgehead atoms. The number of thioether (sulfide) groups is 1. The number of amides is 2. The molecule has 3 heterocycles. The summed E-state index contributed by atoms with van der Waals surface area (Å²) in [5, 5.41) is 9.60. The van der Waals surface area contributed by atoms with Crippen LogP contribution < -0.4 is 4.90 Å². The molecular weight excluding hydrogens is 556 g/mol. The van der Waals surface area contributed by atoms with Crippen LogP contribution in [0.15, 0.2) is 36.9 Å². The number of nitrogens with zero attached hydrogens (tertiary/aromatic N) is 2. The average molecular weight is 586 g/mol. The molecule has 3 aliphatic rings. The van der Waals surface area contributed by atoms with Crippen molar-refractivity contribution in [3.05, 3.63) is 41.9 Å². The second-order valence-electron chi connectivity index (χ2n) is 9.07. The van der Waals surface area contributed by atoms with Crippen molar-refractivity contribution in [2.45, 2.75) is 47.1 Å². The number of rotatable bonds is 10. The minimum absolute atomic E-state index is 0.00315. The molecule has 3 unspecified atom stereocenters. The highest BCUT2D eigenvalue weighted by molar-refractivity contribution is 9.09.